The molecule has 23 heteroatoms. The number of piperidine rings is 1. The number of alkyl halides is 3. The predicted octanol–water partition coefficient (Wildman–Crippen LogP) is 19.8. The molecule has 6 fully saturated rings. The van der Waals surface area contributed by atoms with Crippen molar-refractivity contribution in [3.05, 3.63) is 137 Å². The predicted molar refractivity (Wildman–Crippen MR) is 436 cm³/mol. The standard InChI is InChI=1S/C20H29F3O7S.C18H13S.C15H29NO2.C13H24O2.C10H14O.C7H3I3O2/c1-4-17(2,3)15(24)30-19-8-12-5-13(9-19)7-18(6-12,11-19)16(25)29-14(20(21,22)23)10-31(26,27)28;1-2-8-14(9-3-1)19-17-12-6-4-10-15(17)16-11-5-7-13-18(16)19;1-8-13(2,3)12(17)18-11-9-14(4,5)16-15(6,7)10-11;1-5-12(2,3)11(14)15-13(4)9-7-6-8-10-13;1-3-8(2)9-4-6-10(11)7-5-9;8-3-1-2-4(9)6(10)5(3)7(11)12/h12-14H,4-11H2,1-3H3,(H,26,27,28);1-13H;11,16H,8-10H2,1-7H3;5-10H2,1-4H3;4-8,11H,3H2,1-2H3;1-2H,(H,11,12)/q;+1;;;;/p-1. The Labute approximate surface area is 670 Å². The Morgan fingerprint density at radius 2 is 1.09 bits per heavy atom. The SMILES string of the molecule is CCC(C)(C)C(=O)OC1(C)CCCCC1.CCC(C)(C)C(=O)OC12CC3CC(C1)CC(C(=O)OC(CS(=O)(=O)[O-])C(F)(F)F)(C3)C2.CCC(C)(C)C(=O)OC1CC(C)(C)[NH2+]C(C)(C)C1.CCC(C)c1ccc(O)cc1.O=C([O-])c1c(I)ccc(I)c1I.c1ccc(-[s+]2c3ccccc3c3ccccc32)cc1. The minimum absolute atomic E-state index is 0.00100. The number of phenols is 1. The Bertz CT molecular complexity index is 4010. The molecule has 3 N–H and O–H groups in total. The van der Waals surface area contributed by atoms with E-state index in [9.17, 15) is 55.2 Å². The summed E-state index contributed by atoms with van der Waals surface area (Å²) in [5.41, 5.74) is -1.97. The van der Waals surface area contributed by atoms with Crippen LogP contribution in [0.5, 0.6) is 5.75 Å². The number of thiophene rings is 1. The van der Waals surface area contributed by atoms with Gasteiger partial charge in [-0.3, -0.25) is 19.2 Å². The monoisotopic (exact) mass is 1850 g/mol. The molecule has 586 valence electrons. The van der Waals surface area contributed by atoms with Gasteiger partial charge in [-0.15, -0.1) is 0 Å². The Morgan fingerprint density at radius 1 is 0.632 bits per heavy atom. The minimum Gasteiger partial charge on any atom is -0.748 e. The zero-order chi connectivity index (χ0) is 79.4. The molecule has 0 amide bonds. The van der Waals surface area contributed by atoms with Gasteiger partial charge in [0.05, 0.1) is 54.6 Å². The molecule has 0 radical (unpaired) electrons. The van der Waals surface area contributed by atoms with Gasteiger partial charge in [-0.25, -0.2) is 8.42 Å². The van der Waals surface area contributed by atoms with Crippen molar-refractivity contribution in [2.24, 2.45) is 33.5 Å². The van der Waals surface area contributed by atoms with Crippen molar-refractivity contribution in [1.82, 2.24) is 0 Å². The van der Waals surface area contributed by atoms with Crippen molar-refractivity contribution >= 4 is 138 Å². The largest absolute Gasteiger partial charge is 0.748 e. The average molecular weight is 1850 g/mol. The van der Waals surface area contributed by atoms with E-state index in [1.165, 1.54) is 49.9 Å². The highest BCUT2D eigenvalue weighted by Gasteiger charge is 2.64. The van der Waals surface area contributed by atoms with Crippen LogP contribution >= 0.6 is 78.2 Å². The summed E-state index contributed by atoms with van der Waals surface area (Å²) in [7, 11) is -5.21. The molecule has 15 nitrogen and oxygen atoms in total. The zero-order valence-corrected chi connectivity index (χ0v) is 72.6. The van der Waals surface area contributed by atoms with E-state index >= 15 is 0 Å². The molecule has 1 aromatic heterocycles. The van der Waals surface area contributed by atoms with Crippen LogP contribution in [0.25, 0.3) is 25.1 Å². The van der Waals surface area contributed by atoms with Gasteiger partial charge in [0.2, 0.25) is 6.10 Å². The molecule has 1 aliphatic heterocycles. The van der Waals surface area contributed by atoms with E-state index in [0.717, 1.165) is 62.1 Å². The number of carbonyl (C=O) groups is 5. The van der Waals surface area contributed by atoms with Gasteiger partial charge in [-0.1, -0.05) is 95.6 Å². The van der Waals surface area contributed by atoms with Crippen molar-refractivity contribution < 1.29 is 84.6 Å². The number of carbonyl (C=O) groups excluding carboxylic acids is 5. The number of carboxylic acid groups (broad SMARTS) is 1. The number of hydrogen-bond donors (Lipinski definition) is 2. The van der Waals surface area contributed by atoms with Crippen LogP contribution in [0.3, 0.4) is 0 Å². The molecule has 6 aromatic rings. The Hall–Kier alpha value is -4.68. The number of hydrogen-bond acceptors (Lipinski definition) is 14. The second kappa shape index (κ2) is 37.1. The first-order valence-electron chi connectivity index (χ1n) is 37.0. The molecular formula is C83H111F3I3NO14S2. The number of phenolic OH excluding ortho intramolecular Hbond substituents is 1. The maximum atomic E-state index is 13.3. The minimum atomic E-state index is -5.27. The van der Waals surface area contributed by atoms with Crippen LogP contribution in [0.1, 0.15) is 242 Å². The van der Waals surface area contributed by atoms with Crippen LogP contribution in [-0.2, 0) is 48.2 Å². The van der Waals surface area contributed by atoms with Gasteiger partial charge >= 0.3 is 30.1 Å². The average Bonchev–Trinajstić information content (AvgIpc) is 0.925. The van der Waals surface area contributed by atoms with Crippen molar-refractivity contribution in [2.75, 3.05) is 5.75 Å². The summed E-state index contributed by atoms with van der Waals surface area (Å²) in [6, 6.07) is 39.5. The molecule has 4 bridgehead atoms. The molecule has 12 rings (SSSR count). The fourth-order valence-corrected chi connectivity index (χ4v) is 20.3. The molecule has 1 saturated heterocycles. The lowest BCUT2D eigenvalue weighted by molar-refractivity contribution is -0.789. The number of quaternary nitrogens is 1. The second-order valence-corrected chi connectivity index (χ2v) is 40.0. The third kappa shape index (κ3) is 24.9. The van der Waals surface area contributed by atoms with Gasteiger partial charge in [-0.2, -0.15) is 13.2 Å². The van der Waals surface area contributed by atoms with Gasteiger partial charge in [0.15, 0.2) is 14.3 Å². The van der Waals surface area contributed by atoms with Crippen molar-refractivity contribution in [2.45, 2.75) is 267 Å². The number of nitrogens with two attached hydrogens (primary N) is 1. The normalized spacial score (nSPS) is 21.3. The van der Waals surface area contributed by atoms with E-state index < -0.39 is 62.5 Å². The first-order chi connectivity index (χ1) is 49.1. The summed E-state index contributed by atoms with van der Waals surface area (Å²) in [5, 5.41) is 24.9. The third-order valence-corrected chi connectivity index (χ3v) is 28.6. The van der Waals surface area contributed by atoms with Crippen LogP contribution in [0.4, 0.5) is 13.2 Å². The van der Waals surface area contributed by atoms with E-state index in [1.807, 2.05) is 112 Å². The number of aromatic hydroxyl groups is 1. The first-order valence-corrected chi connectivity index (χ1v) is 43.0. The highest BCUT2D eigenvalue weighted by Crippen LogP contribution is 2.64. The lowest BCUT2D eigenvalue weighted by Crippen LogP contribution is -3.06. The Balaban J connectivity index is 0.000000207. The molecule has 2 heterocycles. The number of fused-ring (bicyclic) bond motifs is 3. The molecular weight excluding hydrogens is 1740 g/mol. The second-order valence-electron chi connectivity index (χ2n) is 33.2. The number of aromatic carboxylic acids is 1. The molecule has 5 saturated carbocycles. The fraction of sp³-hybridized carbons (Fsp3) is 0.578. The quantitative estimate of drug-likeness (QED) is 0.0216. The molecule has 0 spiro atoms. The number of benzene rings is 5. The maximum Gasteiger partial charge on any atom is 0.426 e. The number of carboxylic acids is 1. The van der Waals surface area contributed by atoms with Gasteiger partial charge in [0.25, 0.3) is 0 Å². The lowest BCUT2D eigenvalue weighted by Gasteiger charge is -2.60. The Morgan fingerprint density at radius 3 is 1.55 bits per heavy atom. The van der Waals surface area contributed by atoms with Crippen LogP contribution in [0, 0.1) is 44.2 Å². The summed E-state index contributed by atoms with van der Waals surface area (Å²) in [6.07, 6.45) is 5.29. The van der Waals surface area contributed by atoms with Gasteiger partial charge < -0.3 is 43.8 Å². The molecule has 5 aliphatic carbocycles. The number of halogens is 6. The molecule has 6 aliphatic rings. The number of esters is 4. The summed E-state index contributed by atoms with van der Waals surface area (Å²) in [6.45, 7) is 32.6. The van der Waals surface area contributed by atoms with Crippen LogP contribution in [0.15, 0.2) is 115 Å². The molecule has 4 unspecified atom stereocenters. The smallest absolute Gasteiger partial charge is 0.426 e. The van der Waals surface area contributed by atoms with Gasteiger partial charge in [0, 0.05) is 56.8 Å². The molecule has 106 heavy (non-hydrogen) atoms. The van der Waals surface area contributed by atoms with Crippen LogP contribution in [-0.4, -0.2) is 94.3 Å². The van der Waals surface area contributed by atoms with Crippen molar-refractivity contribution in [1.29, 1.82) is 0 Å². The van der Waals surface area contributed by atoms with Gasteiger partial charge in [0.1, 0.15) is 23.1 Å². The van der Waals surface area contributed by atoms with Crippen molar-refractivity contribution in [3.63, 3.8) is 0 Å². The van der Waals surface area contributed by atoms with E-state index in [1.54, 1.807) is 32.0 Å². The topological polar surface area (TPSA) is 239 Å². The van der Waals surface area contributed by atoms with E-state index in [-0.39, 0.29) is 74.3 Å². The summed E-state index contributed by atoms with van der Waals surface area (Å²) in [4.78, 5) is 61.9. The van der Waals surface area contributed by atoms with E-state index in [2.05, 4.69) is 160 Å². The third-order valence-electron chi connectivity index (χ3n) is 21.6. The van der Waals surface area contributed by atoms with E-state index in [0.29, 0.717) is 49.3 Å². The number of ether oxygens (including phenoxy) is 4. The highest BCUT2D eigenvalue weighted by molar-refractivity contribution is 14.1. The molecule has 5 aromatic carbocycles. The molecule has 4 atom stereocenters. The summed E-state index contributed by atoms with van der Waals surface area (Å²) < 4.78 is 99.8. The summed E-state index contributed by atoms with van der Waals surface area (Å²) >= 11 is 6.10. The van der Waals surface area contributed by atoms with E-state index in [4.69, 9.17) is 19.3 Å². The first kappa shape index (κ1) is 90.2. The maximum absolute atomic E-state index is 13.3. The van der Waals surface area contributed by atoms with Crippen LogP contribution in [0.2, 0.25) is 0 Å². The number of rotatable bonds is 17. The Kier molecular flexibility index (Phi) is 31.6. The summed E-state index contributed by atoms with van der Waals surface area (Å²) in [5.74, 6) is -3.70. The zero-order valence-electron chi connectivity index (χ0n) is 64.5. The van der Waals surface area contributed by atoms with Crippen LogP contribution < -0.4 is 10.4 Å². The lowest BCUT2D eigenvalue weighted by atomic mass is 9.48. The fourth-order valence-electron chi connectivity index (χ4n) is 14.9. The van der Waals surface area contributed by atoms with Gasteiger partial charge in [-0.05, 0) is 311 Å². The highest BCUT2D eigenvalue weighted by atomic mass is 127. The van der Waals surface area contributed by atoms with Crippen molar-refractivity contribution in [3.8, 4) is 10.6 Å².